The van der Waals surface area contributed by atoms with Crippen LogP contribution in [0.2, 0.25) is 0 Å². The molecule has 200 valence electrons. The second-order valence-corrected chi connectivity index (χ2v) is 9.74. The van der Waals surface area contributed by atoms with Crippen LogP contribution in [0.15, 0.2) is 72.1 Å². The van der Waals surface area contributed by atoms with E-state index in [0.717, 1.165) is 16.7 Å². The van der Waals surface area contributed by atoms with Crippen molar-refractivity contribution in [3.05, 3.63) is 83.7 Å². The van der Waals surface area contributed by atoms with E-state index in [1.807, 2.05) is 42.5 Å². The zero-order valence-electron chi connectivity index (χ0n) is 20.7. The van der Waals surface area contributed by atoms with E-state index in [0.29, 0.717) is 29.4 Å². The van der Waals surface area contributed by atoms with Gasteiger partial charge in [0.15, 0.2) is 11.4 Å². The molecule has 1 saturated heterocycles. The number of benzene rings is 2. The van der Waals surface area contributed by atoms with Gasteiger partial charge in [-0.2, -0.15) is 0 Å². The largest absolute Gasteiger partial charge is 0.392 e. The highest BCUT2D eigenvalue weighted by Gasteiger charge is 2.32. The first-order valence-corrected chi connectivity index (χ1v) is 13.3. The van der Waals surface area contributed by atoms with Crippen molar-refractivity contribution in [2.75, 3.05) is 11.1 Å². The molecule has 2 amide bonds. The van der Waals surface area contributed by atoms with Gasteiger partial charge in [0.25, 0.3) is 0 Å². The Balaban J connectivity index is 1.46. The molecule has 2 heterocycles. The zero-order valence-corrected chi connectivity index (χ0v) is 21.5. The molecule has 11 heteroatoms. The van der Waals surface area contributed by atoms with Gasteiger partial charge in [-0.15, -0.1) is 0 Å². The smallest absolute Gasteiger partial charge is 0.243 e. The summed E-state index contributed by atoms with van der Waals surface area (Å²) in [4.78, 5) is 32.0. The molecule has 2 aromatic carbocycles. The summed E-state index contributed by atoms with van der Waals surface area (Å²) in [6.45, 7) is -0.0268. The molecule has 10 nitrogen and oxygen atoms in total. The third-order valence-corrected chi connectivity index (χ3v) is 6.94. The highest BCUT2D eigenvalue weighted by atomic mass is 32.2. The summed E-state index contributed by atoms with van der Waals surface area (Å²) < 4.78 is 12.7. The Morgan fingerprint density at radius 3 is 2.47 bits per heavy atom. The van der Waals surface area contributed by atoms with Crippen LogP contribution < -0.4 is 10.8 Å². The zero-order chi connectivity index (χ0) is 26.7. The summed E-state index contributed by atoms with van der Waals surface area (Å²) in [6, 6.07) is 16.7. The lowest BCUT2D eigenvalue weighted by Gasteiger charge is -2.36. The van der Waals surface area contributed by atoms with E-state index >= 15 is 0 Å². The Morgan fingerprint density at radius 1 is 0.974 bits per heavy atom. The average molecular weight is 539 g/mol. The fourth-order valence-corrected chi connectivity index (χ4v) is 4.82. The second-order valence-electron chi connectivity index (χ2n) is 8.75. The van der Waals surface area contributed by atoms with Crippen molar-refractivity contribution in [3.8, 4) is 0 Å². The van der Waals surface area contributed by atoms with Crippen LogP contribution in [-0.4, -0.2) is 44.0 Å². The van der Waals surface area contributed by atoms with Crippen molar-refractivity contribution in [2.24, 2.45) is 0 Å². The third-order valence-electron chi connectivity index (χ3n) is 5.93. The number of anilines is 1. The van der Waals surface area contributed by atoms with Gasteiger partial charge in [-0.3, -0.25) is 14.8 Å². The summed E-state index contributed by atoms with van der Waals surface area (Å²) >= 11 is 1.51. The third kappa shape index (κ3) is 8.07. The molecule has 1 aliphatic rings. The highest BCUT2D eigenvalue weighted by Crippen LogP contribution is 2.39. The topological polar surface area (TPSA) is 143 Å². The van der Waals surface area contributed by atoms with Crippen molar-refractivity contribution in [3.63, 3.8) is 0 Å². The van der Waals surface area contributed by atoms with Crippen LogP contribution in [0.3, 0.4) is 0 Å². The van der Waals surface area contributed by atoms with Crippen molar-refractivity contribution in [1.29, 1.82) is 0 Å². The lowest BCUT2D eigenvalue weighted by molar-refractivity contribution is -0.245. The van der Waals surface area contributed by atoms with E-state index in [1.54, 1.807) is 30.0 Å². The van der Waals surface area contributed by atoms with Crippen LogP contribution in [0, 0.1) is 0 Å². The van der Waals surface area contributed by atoms with Crippen LogP contribution in [0.1, 0.15) is 54.8 Å². The van der Waals surface area contributed by atoms with Gasteiger partial charge in [-0.05, 0) is 35.7 Å². The van der Waals surface area contributed by atoms with Crippen LogP contribution in [-0.2, 0) is 25.7 Å². The maximum Gasteiger partial charge on any atom is 0.243 e. The molecule has 3 atom stereocenters. The number of thioether (sulfide) groups is 1. The van der Waals surface area contributed by atoms with E-state index in [1.165, 1.54) is 11.8 Å². The number of hydrogen-bond donors (Lipinski definition) is 4. The van der Waals surface area contributed by atoms with E-state index in [2.05, 4.69) is 15.3 Å². The predicted molar refractivity (Wildman–Crippen MR) is 140 cm³/mol. The van der Waals surface area contributed by atoms with Crippen LogP contribution in [0.4, 0.5) is 5.69 Å². The van der Waals surface area contributed by atoms with Gasteiger partial charge in [-0.25, -0.2) is 15.4 Å². The first kappa shape index (κ1) is 27.7. The minimum absolute atomic E-state index is 0.0268. The van der Waals surface area contributed by atoms with Crippen LogP contribution in [0.5, 0.6) is 0 Å². The lowest BCUT2D eigenvalue weighted by Crippen LogP contribution is -2.31. The Hall–Kier alpha value is -3.35. The van der Waals surface area contributed by atoms with E-state index in [-0.39, 0.29) is 37.6 Å². The van der Waals surface area contributed by atoms with Crippen molar-refractivity contribution in [1.82, 2.24) is 15.4 Å². The molecule has 38 heavy (non-hydrogen) atoms. The van der Waals surface area contributed by atoms with Crippen molar-refractivity contribution in [2.45, 2.75) is 55.9 Å². The van der Waals surface area contributed by atoms with Crippen LogP contribution >= 0.6 is 11.8 Å². The molecule has 1 fully saturated rings. The lowest BCUT2D eigenvalue weighted by atomic mass is 10.0. The molecule has 1 aromatic heterocycles. The first-order chi connectivity index (χ1) is 18.5. The average Bonchev–Trinajstić information content (AvgIpc) is 2.96. The minimum Gasteiger partial charge on any atom is -0.392 e. The van der Waals surface area contributed by atoms with E-state index in [4.69, 9.17) is 14.7 Å². The maximum absolute atomic E-state index is 12.3. The Kier molecular flexibility index (Phi) is 10.2. The van der Waals surface area contributed by atoms with Gasteiger partial charge in [0.2, 0.25) is 11.8 Å². The summed E-state index contributed by atoms with van der Waals surface area (Å²) in [6.07, 6.45) is 3.49. The van der Waals surface area contributed by atoms with Gasteiger partial charge < -0.3 is 19.9 Å². The van der Waals surface area contributed by atoms with E-state index in [9.17, 15) is 14.7 Å². The Labute approximate surface area is 224 Å². The molecule has 1 aliphatic heterocycles. The van der Waals surface area contributed by atoms with Gasteiger partial charge >= 0.3 is 0 Å². The number of carbonyl (C=O) groups is 2. The number of rotatable bonds is 11. The van der Waals surface area contributed by atoms with Gasteiger partial charge in [0.05, 0.1) is 18.8 Å². The molecule has 4 N–H and O–H groups in total. The number of carbonyl (C=O) groups excluding carboxylic acids is 2. The van der Waals surface area contributed by atoms with Gasteiger partial charge in [-0.1, -0.05) is 48.2 Å². The van der Waals surface area contributed by atoms with Gasteiger partial charge in [0, 0.05) is 48.7 Å². The molecular weight excluding hydrogens is 508 g/mol. The van der Waals surface area contributed by atoms with E-state index < -0.39 is 12.2 Å². The molecular formula is C27H30N4O6S. The molecule has 0 radical (unpaired) electrons. The number of nitrogens with one attached hydrogen (secondary N) is 2. The quantitative estimate of drug-likeness (QED) is 0.124. The number of aliphatic hydroxyl groups excluding tert-OH is 1. The van der Waals surface area contributed by atoms with Crippen LogP contribution in [0.25, 0.3) is 0 Å². The fourth-order valence-electron chi connectivity index (χ4n) is 4.00. The number of amides is 2. The molecule has 0 aliphatic carbocycles. The molecule has 3 aromatic rings. The number of nitrogens with zero attached hydrogens (tertiary/aromatic N) is 2. The number of aliphatic hydroxyl groups is 1. The standard InChI is InChI=1S/C27H30N4O6S/c32-16-18-8-10-19(11-9-18)23-15-22(17-38-27-28-12-3-13-29-27)36-26(37-23)20-4-1-5-21(14-20)30-24(33)6-2-7-25(34)31-35/h1,3-5,8-14,22-23,26,32,35H,2,6-7,15-17H2,(H,30,33)(H,31,34)/t22-,23+,26+/m1/s1. The van der Waals surface area contributed by atoms with Crippen molar-refractivity contribution >= 4 is 29.3 Å². The summed E-state index contributed by atoms with van der Waals surface area (Å²) in [5, 5.41) is 21.5. The summed E-state index contributed by atoms with van der Waals surface area (Å²) in [5.74, 6) is -0.136. The highest BCUT2D eigenvalue weighted by molar-refractivity contribution is 7.99. The Bertz CT molecular complexity index is 1200. The van der Waals surface area contributed by atoms with Gasteiger partial charge in [0.1, 0.15) is 0 Å². The molecule has 4 rings (SSSR count). The minimum atomic E-state index is -0.668. The number of hydroxylamine groups is 1. The van der Waals surface area contributed by atoms with Crippen molar-refractivity contribution < 1.29 is 29.4 Å². The summed E-state index contributed by atoms with van der Waals surface area (Å²) in [5.41, 5.74) is 4.71. The fraction of sp³-hybridized carbons (Fsp3) is 0.333. The normalized spacial score (nSPS) is 19.1. The number of ether oxygens (including phenoxy) is 2. The second kappa shape index (κ2) is 14.0. The maximum atomic E-state index is 12.3. The Morgan fingerprint density at radius 2 is 1.74 bits per heavy atom. The number of hydrogen-bond acceptors (Lipinski definition) is 9. The predicted octanol–water partition coefficient (Wildman–Crippen LogP) is 3.92. The molecule has 0 unspecified atom stereocenters. The molecule has 0 saturated carbocycles. The monoisotopic (exact) mass is 538 g/mol. The number of aromatic nitrogens is 2. The molecule has 0 bridgehead atoms. The molecule has 0 spiro atoms. The summed E-state index contributed by atoms with van der Waals surface area (Å²) in [7, 11) is 0. The first-order valence-electron chi connectivity index (χ1n) is 12.3. The SMILES string of the molecule is O=C(CCCC(=O)Nc1cccc([C@H]2O[C@@H](CSc3ncccn3)C[C@@H](c3ccc(CO)cc3)O2)c1)NO.